The molecule has 0 heteroatoms. The number of rotatable bonds is 7. The Kier molecular flexibility index (Phi) is 5.76. The molecule has 0 saturated heterocycles. The second-order valence-corrected chi connectivity index (χ2v) is 7.85. The zero-order valence-electron chi connectivity index (χ0n) is 17.2. The molecule has 0 aliphatic rings. The lowest BCUT2D eigenvalue weighted by atomic mass is 9.84. The molecular weight excluding hydrogens is 336 g/mol. The molecule has 0 nitrogen and oxygen atoms in total. The van der Waals surface area contributed by atoms with Crippen LogP contribution in [0.3, 0.4) is 0 Å². The molecule has 0 atom stereocenters. The molecule has 0 heterocycles. The van der Waals surface area contributed by atoms with Crippen LogP contribution in [0.5, 0.6) is 0 Å². The van der Waals surface area contributed by atoms with Crippen LogP contribution in [0.2, 0.25) is 0 Å². The van der Waals surface area contributed by atoms with Crippen molar-refractivity contribution in [2.24, 2.45) is 0 Å². The van der Waals surface area contributed by atoms with E-state index in [1.54, 1.807) is 0 Å². The van der Waals surface area contributed by atoms with Gasteiger partial charge in [0, 0.05) is 0 Å². The predicted octanol–water partition coefficient (Wildman–Crippen LogP) is 8.35. The summed E-state index contributed by atoms with van der Waals surface area (Å²) < 4.78 is 0. The molecule has 4 rings (SSSR count). The van der Waals surface area contributed by atoms with Crippen LogP contribution in [0.4, 0.5) is 0 Å². The summed E-state index contributed by atoms with van der Waals surface area (Å²) >= 11 is 0. The Bertz CT molecular complexity index is 998. The average Bonchev–Trinajstić information content (AvgIpc) is 2.75. The lowest BCUT2D eigenvalue weighted by molar-refractivity contribution is 0.792. The van der Waals surface area contributed by atoms with Crippen molar-refractivity contribution in [2.75, 3.05) is 0 Å². The fourth-order valence-corrected chi connectivity index (χ4v) is 4.37. The van der Waals surface area contributed by atoms with Crippen LogP contribution in [0.1, 0.15) is 50.7 Å². The van der Waals surface area contributed by atoms with Gasteiger partial charge >= 0.3 is 0 Å². The second-order valence-electron chi connectivity index (χ2n) is 7.85. The van der Waals surface area contributed by atoms with Crippen LogP contribution >= 0.6 is 0 Å². The molecule has 142 valence electrons. The van der Waals surface area contributed by atoms with Crippen molar-refractivity contribution in [3.05, 3.63) is 83.9 Å². The highest BCUT2D eigenvalue weighted by Gasteiger charge is 2.16. The normalized spacial score (nSPS) is 11.4. The average molecular weight is 367 g/mol. The third-order valence-electron chi connectivity index (χ3n) is 5.88. The Labute approximate surface area is 169 Å². The third kappa shape index (κ3) is 3.56. The predicted molar refractivity (Wildman–Crippen MR) is 124 cm³/mol. The Hall–Kier alpha value is -2.60. The van der Waals surface area contributed by atoms with Gasteiger partial charge in [-0.3, -0.25) is 0 Å². The summed E-state index contributed by atoms with van der Waals surface area (Å²) in [6, 6.07) is 27.2. The maximum absolute atomic E-state index is 2.37. The maximum Gasteiger partial charge on any atom is -0.00643 e. The van der Waals surface area contributed by atoms with Gasteiger partial charge < -0.3 is 0 Å². The SMILES string of the molecule is CCCCc1ccc2ccccc2c1-c1c(CCCC)ccc2ccccc12. The fourth-order valence-electron chi connectivity index (χ4n) is 4.37. The number of benzene rings is 4. The van der Waals surface area contributed by atoms with Crippen molar-refractivity contribution >= 4 is 21.5 Å². The van der Waals surface area contributed by atoms with E-state index in [0.29, 0.717) is 0 Å². The minimum Gasteiger partial charge on any atom is -0.0654 e. The molecule has 0 saturated carbocycles. The van der Waals surface area contributed by atoms with Crippen molar-refractivity contribution in [1.82, 2.24) is 0 Å². The summed E-state index contributed by atoms with van der Waals surface area (Å²) in [6.07, 6.45) is 7.22. The van der Waals surface area contributed by atoms with Gasteiger partial charge in [-0.2, -0.15) is 0 Å². The van der Waals surface area contributed by atoms with E-state index in [1.165, 1.54) is 69.5 Å². The molecule has 4 aromatic carbocycles. The van der Waals surface area contributed by atoms with Crippen LogP contribution in [0, 0.1) is 0 Å². The summed E-state index contributed by atoms with van der Waals surface area (Å²) in [5, 5.41) is 5.47. The summed E-state index contributed by atoms with van der Waals surface area (Å²) in [5.41, 5.74) is 5.92. The molecule has 0 radical (unpaired) electrons. The Morgan fingerprint density at radius 1 is 0.500 bits per heavy atom. The minimum absolute atomic E-state index is 1.15. The van der Waals surface area contributed by atoms with E-state index in [2.05, 4.69) is 86.6 Å². The molecule has 28 heavy (non-hydrogen) atoms. The molecule has 0 N–H and O–H groups in total. The molecule has 0 amide bonds. The zero-order chi connectivity index (χ0) is 19.3. The first-order chi connectivity index (χ1) is 13.8. The molecule has 0 unspecified atom stereocenters. The van der Waals surface area contributed by atoms with Gasteiger partial charge in [0.05, 0.1) is 0 Å². The van der Waals surface area contributed by atoms with Crippen LogP contribution in [0.25, 0.3) is 32.7 Å². The summed E-state index contributed by atoms with van der Waals surface area (Å²) in [7, 11) is 0. The van der Waals surface area contributed by atoms with E-state index < -0.39 is 0 Å². The van der Waals surface area contributed by atoms with Gasteiger partial charge in [0.25, 0.3) is 0 Å². The molecule has 0 aliphatic heterocycles. The van der Waals surface area contributed by atoms with Gasteiger partial charge in [-0.1, -0.05) is 99.5 Å². The van der Waals surface area contributed by atoms with Crippen molar-refractivity contribution in [3.8, 4) is 11.1 Å². The first-order valence-corrected chi connectivity index (χ1v) is 10.8. The van der Waals surface area contributed by atoms with E-state index in [1.807, 2.05) is 0 Å². The van der Waals surface area contributed by atoms with E-state index >= 15 is 0 Å². The molecule has 0 spiro atoms. The lowest BCUT2D eigenvalue weighted by Crippen LogP contribution is -1.98. The van der Waals surface area contributed by atoms with Crippen molar-refractivity contribution in [2.45, 2.75) is 52.4 Å². The van der Waals surface area contributed by atoms with Gasteiger partial charge in [0.1, 0.15) is 0 Å². The van der Waals surface area contributed by atoms with Gasteiger partial charge in [-0.05, 0) is 69.5 Å². The summed E-state index contributed by atoms with van der Waals surface area (Å²) in [5.74, 6) is 0. The Morgan fingerprint density at radius 3 is 1.36 bits per heavy atom. The highest BCUT2D eigenvalue weighted by molar-refractivity contribution is 6.07. The van der Waals surface area contributed by atoms with Crippen LogP contribution < -0.4 is 0 Å². The largest absolute Gasteiger partial charge is 0.0654 e. The van der Waals surface area contributed by atoms with E-state index in [0.717, 1.165) is 12.8 Å². The zero-order valence-corrected chi connectivity index (χ0v) is 17.2. The number of hydrogen-bond donors (Lipinski definition) is 0. The molecular formula is C28H30. The molecule has 0 aliphatic carbocycles. The first-order valence-electron chi connectivity index (χ1n) is 10.8. The van der Waals surface area contributed by atoms with Crippen LogP contribution in [-0.2, 0) is 12.8 Å². The van der Waals surface area contributed by atoms with E-state index in [4.69, 9.17) is 0 Å². The third-order valence-corrected chi connectivity index (χ3v) is 5.88. The fraction of sp³-hybridized carbons (Fsp3) is 0.286. The van der Waals surface area contributed by atoms with Gasteiger partial charge in [0.15, 0.2) is 0 Å². The number of fused-ring (bicyclic) bond motifs is 2. The summed E-state index contributed by atoms with van der Waals surface area (Å²) in [6.45, 7) is 4.57. The minimum atomic E-state index is 1.15. The van der Waals surface area contributed by atoms with Crippen molar-refractivity contribution in [1.29, 1.82) is 0 Å². The number of unbranched alkanes of at least 4 members (excludes halogenated alkanes) is 2. The second kappa shape index (κ2) is 8.61. The van der Waals surface area contributed by atoms with Crippen molar-refractivity contribution < 1.29 is 0 Å². The van der Waals surface area contributed by atoms with Gasteiger partial charge in [0.2, 0.25) is 0 Å². The number of aryl methyl sites for hydroxylation is 2. The highest BCUT2D eigenvalue weighted by Crippen LogP contribution is 2.40. The quantitative estimate of drug-likeness (QED) is 0.308. The summed E-state index contributed by atoms with van der Waals surface area (Å²) in [4.78, 5) is 0. The Balaban J connectivity index is 2.07. The smallest absolute Gasteiger partial charge is 0.00643 e. The topological polar surface area (TPSA) is 0 Å². The molecule has 0 bridgehead atoms. The van der Waals surface area contributed by atoms with E-state index in [-0.39, 0.29) is 0 Å². The van der Waals surface area contributed by atoms with Crippen LogP contribution in [0.15, 0.2) is 72.8 Å². The monoisotopic (exact) mass is 366 g/mol. The number of hydrogen-bond acceptors (Lipinski definition) is 0. The molecule has 4 aromatic rings. The highest BCUT2D eigenvalue weighted by atomic mass is 14.2. The van der Waals surface area contributed by atoms with Gasteiger partial charge in [-0.15, -0.1) is 0 Å². The first kappa shape index (κ1) is 18.7. The lowest BCUT2D eigenvalue weighted by Gasteiger charge is -2.19. The van der Waals surface area contributed by atoms with Gasteiger partial charge in [-0.25, -0.2) is 0 Å². The van der Waals surface area contributed by atoms with Crippen molar-refractivity contribution in [3.63, 3.8) is 0 Å². The van der Waals surface area contributed by atoms with Crippen LogP contribution in [-0.4, -0.2) is 0 Å². The van der Waals surface area contributed by atoms with E-state index in [9.17, 15) is 0 Å². The standard InChI is InChI=1S/C28H30/c1-3-5-11-23-19-17-21-13-7-9-15-25(21)27(23)28-24(12-6-4-2)20-18-22-14-8-10-16-26(22)28/h7-10,13-20H,3-6,11-12H2,1-2H3. The Morgan fingerprint density at radius 2 is 0.929 bits per heavy atom. The molecule has 0 aromatic heterocycles. The molecule has 0 fully saturated rings. The maximum atomic E-state index is 2.37.